The molecule has 0 atom stereocenters. The van der Waals surface area contributed by atoms with Crippen molar-refractivity contribution in [2.24, 2.45) is 0 Å². The SMILES string of the molecule is Cc1ccc(S(=O)(=O)N(CC(=O)Nc2ccc(OC3CCCC3)cc2)c2ccccc2)cc1. The monoisotopic (exact) mass is 464 g/mol. The summed E-state index contributed by atoms with van der Waals surface area (Å²) in [6.45, 7) is 1.55. The number of sulfonamides is 1. The number of carbonyl (C=O) groups excluding carboxylic acids is 1. The van der Waals surface area contributed by atoms with Gasteiger partial charge in [-0.15, -0.1) is 0 Å². The summed E-state index contributed by atoms with van der Waals surface area (Å²) in [7, 11) is -3.93. The topological polar surface area (TPSA) is 75.7 Å². The normalized spacial score (nSPS) is 14.1. The maximum absolute atomic E-state index is 13.4. The fourth-order valence-corrected chi connectivity index (χ4v) is 5.31. The number of amides is 1. The smallest absolute Gasteiger partial charge is 0.264 e. The highest BCUT2D eigenvalue weighted by atomic mass is 32.2. The zero-order valence-electron chi connectivity index (χ0n) is 18.6. The maximum atomic E-state index is 13.4. The van der Waals surface area contributed by atoms with Crippen molar-refractivity contribution in [3.8, 4) is 5.75 Å². The Morgan fingerprint density at radius 1 is 0.939 bits per heavy atom. The fourth-order valence-electron chi connectivity index (χ4n) is 3.89. The van der Waals surface area contributed by atoms with Crippen molar-refractivity contribution in [1.29, 1.82) is 0 Å². The molecule has 1 aliphatic rings. The number of anilines is 2. The number of nitrogens with one attached hydrogen (secondary N) is 1. The number of ether oxygens (including phenoxy) is 1. The molecule has 1 aliphatic carbocycles. The lowest BCUT2D eigenvalue weighted by molar-refractivity contribution is -0.114. The third-order valence-electron chi connectivity index (χ3n) is 5.68. The van der Waals surface area contributed by atoms with E-state index >= 15 is 0 Å². The molecule has 0 saturated heterocycles. The second-order valence-corrected chi connectivity index (χ2v) is 10.1. The molecule has 172 valence electrons. The average Bonchev–Trinajstić information content (AvgIpc) is 3.33. The van der Waals surface area contributed by atoms with Crippen LogP contribution in [-0.4, -0.2) is 27.0 Å². The van der Waals surface area contributed by atoms with E-state index in [1.165, 1.54) is 12.8 Å². The summed E-state index contributed by atoms with van der Waals surface area (Å²) in [6.07, 6.45) is 4.80. The lowest BCUT2D eigenvalue weighted by Crippen LogP contribution is -2.38. The first-order valence-electron chi connectivity index (χ1n) is 11.1. The molecule has 3 aromatic carbocycles. The number of benzene rings is 3. The number of nitrogens with zero attached hydrogens (tertiary/aromatic N) is 1. The quantitative estimate of drug-likeness (QED) is 0.500. The summed E-state index contributed by atoms with van der Waals surface area (Å²) in [5.41, 5.74) is 1.96. The Balaban J connectivity index is 1.49. The van der Waals surface area contributed by atoms with E-state index in [0.717, 1.165) is 28.5 Å². The number of para-hydroxylation sites is 1. The van der Waals surface area contributed by atoms with Gasteiger partial charge in [-0.25, -0.2) is 8.42 Å². The zero-order chi connectivity index (χ0) is 23.3. The lowest BCUT2D eigenvalue weighted by Gasteiger charge is -2.24. The minimum absolute atomic E-state index is 0.137. The van der Waals surface area contributed by atoms with Crippen molar-refractivity contribution in [3.63, 3.8) is 0 Å². The molecule has 0 radical (unpaired) electrons. The van der Waals surface area contributed by atoms with Crippen molar-refractivity contribution in [3.05, 3.63) is 84.4 Å². The van der Waals surface area contributed by atoms with E-state index in [4.69, 9.17) is 4.74 Å². The third kappa shape index (κ3) is 5.73. The molecule has 0 aliphatic heterocycles. The Morgan fingerprint density at radius 3 is 2.21 bits per heavy atom. The molecule has 0 heterocycles. The zero-order valence-corrected chi connectivity index (χ0v) is 19.4. The first-order chi connectivity index (χ1) is 15.9. The molecule has 33 heavy (non-hydrogen) atoms. The van der Waals surface area contributed by atoms with Crippen molar-refractivity contribution >= 4 is 27.3 Å². The lowest BCUT2D eigenvalue weighted by atomic mass is 10.2. The van der Waals surface area contributed by atoms with Crippen molar-refractivity contribution in [2.75, 3.05) is 16.2 Å². The first kappa shape index (κ1) is 22.9. The molecule has 0 unspecified atom stereocenters. The number of hydrogen-bond acceptors (Lipinski definition) is 4. The Bertz CT molecular complexity index is 1170. The van der Waals surface area contributed by atoms with Gasteiger partial charge >= 0.3 is 0 Å². The van der Waals surface area contributed by atoms with Crippen molar-refractivity contribution in [2.45, 2.75) is 43.6 Å². The Hall–Kier alpha value is -3.32. The van der Waals surface area contributed by atoms with Crippen LogP contribution in [0, 0.1) is 6.92 Å². The van der Waals surface area contributed by atoms with Crippen LogP contribution >= 0.6 is 0 Å². The van der Waals surface area contributed by atoms with Gasteiger partial charge in [0.25, 0.3) is 10.0 Å². The highest BCUT2D eigenvalue weighted by Crippen LogP contribution is 2.26. The van der Waals surface area contributed by atoms with E-state index in [-0.39, 0.29) is 17.5 Å². The number of rotatable bonds is 8. The van der Waals surface area contributed by atoms with Gasteiger partial charge in [-0.3, -0.25) is 9.10 Å². The first-order valence-corrected chi connectivity index (χ1v) is 12.6. The molecule has 1 saturated carbocycles. The largest absolute Gasteiger partial charge is 0.490 e. The van der Waals surface area contributed by atoms with Gasteiger partial charge in [-0.1, -0.05) is 35.9 Å². The van der Waals surface area contributed by atoms with Crippen LogP contribution in [0.25, 0.3) is 0 Å². The van der Waals surface area contributed by atoms with Gasteiger partial charge in [0.05, 0.1) is 16.7 Å². The molecule has 4 rings (SSSR count). The summed E-state index contributed by atoms with van der Waals surface area (Å²) in [4.78, 5) is 13.0. The number of hydrogen-bond donors (Lipinski definition) is 1. The second kappa shape index (κ2) is 10.1. The maximum Gasteiger partial charge on any atom is 0.264 e. The highest BCUT2D eigenvalue weighted by Gasteiger charge is 2.27. The number of aryl methyl sites for hydroxylation is 1. The predicted molar refractivity (Wildman–Crippen MR) is 130 cm³/mol. The van der Waals surface area contributed by atoms with Crippen molar-refractivity contribution < 1.29 is 17.9 Å². The molecular weight excluding hydrogens is 436 g/mol. The molecule has 3 aromatic rings. The minimum atomic E-state index is -3.93. The van der Waals surface area contributed by atoms with Gasteiger partial charge in [0.15, 0.2) is 0 Å². The van der Waals surface area contributed by atoms with Crippen LogP contribution in [0.4, 0.5) is 11.4 Å². The average molecular weight is 465 g/mol. The van der Waals surface area contributed by atoms with Crippen LogP contribution in [-0.2, 0) is 14.8 Å². The molecule has 1 amide bonds. The summed E-state index contributed by atoms with van der Waals surface area (Å²) >= 11 is 0. The highest BCUT2D eigenvalue weighted by molar-refractivity contribution is 7.92. The second-order valence-electron chi connectivity index (χ2n) is 8.26. The van der Waals surface area contributed by atoms with Crippen LogP contribution in [0.3, 0.4) is 0 Å². The van der Waals surface area contributed by atoms with E-state index < -0.39 is 15.9 Å². The number of carbonyl (C=O) groups is 1. The van der Waals surface area contributed by atoms with Crippen LogP contribution in [0.15, 0.2) is 83.8 Å². The standard InChI is InChI=1S/C26H28N2O4S/c1-20-11-17-25(18-12-20)33(30,31)28(22-7-3-2-4-8-22)19-26(29)27-21-13-15-24(16-14-21)32-23-9-5-6-10-23/h2-4,7-8,11-18,23H,5-6,9-10,19H2,1H3,(H,27,29). The van der Waals surface area contributed by atoms with Gasteiger partial charge in [-0.05, 0) is 81.1 Å². The Morgan fingerprint density at radius 2 is 1.58 bits per heavy atom. The third-order valence-corrected chi connectivity index (χ3v) is 7.47. The molecular formula is C26H28N2O4S. The van der Waals surface area contributed by atoms with Gasteiger partial charge in [0, 0.05) is 5.69 Å². The van der Waals surface area contributed by atoms with Crippen LogP contribution in [0.1, 0.15) is 31.2 Å². The van der Waals surface area contributed by atoms with E-state index in [1.54, 1.807) is 66.7 Å². The summed E-state index contributed by atoms with van der Waals surface area (Å²) in [6, 6.07) is 22.4. The van der Waals surface area contributed by atoms with Crippen LogP contribution in [0.2, 0.25) is 0 Å². The van der Waals surface area contributed by atoms with Gasteiger partial charge in [0.2, 0.25) is 5.91 Å². The van der Waals surface area contributed by atoms with Crippen molar-refractivity contribution in [1.82, 2.24) is 0 Å². The predicted octanol–water partition coefficient (Wildman–Crippen LogP) is 5.15. The van der Waals surface area contributed by atoms with E-state index in [1.807, 2.05) is 19.1 Å². The molecule has 6 nitrogen and oxygen atoms in total. The molecule has 0 aromatic heterocycles. The molecule has 7 heteroatoms. The van der Waals surface area contributed by atoms with Gasteiger partial charge < -0.3 is 10.1 Å². The van der Waals surface area contributed by atoms with E-state index in [0.29, 0.717) is 11.4 Å². The molecule has 0 bridgehead atoms. The Kier molecular flexibility index (Phi) is 6.99. The van der Waals surface area contributed by atoms with E-state index in [2.05, 4.69) is 5.32 Å². The van der Waals surface area contributed by atoms with Crippen LogP contribution in [0.5, 0.6) is 5.75 Å². The summed E-state index contributed by atoms with van der Waals surface area (Å²) < 4.78 is 33.8. The van der Waals surface area contributed by atoms with Gasteiger partial charge in [0.1, 0.15) is 12.3 Å². The molecule has 0 spiro atoms. The van der Waals surface area contributed by atoms with E-state index in [9.17, 15) is 13.2 Å². The Labute approximate surface area is 195 Å². The van der Waals surface area contributed by atoms with Gasteiger partial charge in [-0.2, -0.15) is 0 Å². The molecule has 1 fully saturated rings. The summed E-state index contributed by atoms with van der Waals surface area (Å²) in [5.74, 6) is 0.340. The van der Waals surface area contributed by atoms with Crippen LogP contribution < -0.4 is 14.4 Å². The summed E-state index contributed by atoms with van der Waals surface area (Å²) in [5, 5.41) is 2.80. The fraction of sp³-hybridized carbons (Fsp3) is 0.269. The molecule has 1 N–H and O–H groups in total. The minimum Gasteiger partial charge on any atom is -0.490 e.